The Balaban J connectivity index is 2.30. The van der Waals surface area contributed by atoms with Gasteiger partial charge in [0.1, 0.15) is 16.3 Å². The molecule has 2 radical (unpaired) electrons. The van der Waals surface area contributed by atoms with Crippen LogP contribution in [0.3, 0.4) is 0 Å². The van der Waals surface area contributed by atoms with Crippen LogP contribution < -0.4 is 0 Å². The molecule has 0 spiro atoms. The number of hydrogen-bond donors (Lipinski definition) is 0. The summed E-state index contributed by atoms with van der Waals surface area (Å²) in [4.78, 5) is 0. The first-order valence-corrected chi connectivity index (χ1v) is 5.40. The van der Waals surface area contributed by atoms with Gasteiger partial charge in [0, 0.05) is 0 Å². The number of benzene rings is 2. The third-order valence-corrected chi connectivity index (χ3v) is 3.09. The van der Waals surface area contributed by atoms with Crippen LogP contribution >= 0.6 is 0 Å². The monoisotopic (exact) mass is 194 g/mol. The van der Waals surface area contributed by atoms with Crippen molar-refractivity contribution in [2.75, 3.05) is 0 Å². The highest BCUT2D eigenvalue weighted by molar-refractivity contribution is 6.14. The fourth-order valence-electron chi connectivity index (χ4n) is 1.51. The summed E-state index contributed by atoms with van der Waals surface area (Å²) in [7, 11) is 0. The van der Waals surface area contributed by atoms with Crippen LogP contribution in [0.25, 0.3) is 0 Å². The van der Waals surface area contributed by atoms with Gasteiger partial charge in [0.15, 0.2) is 0 Å². The third-order valence-electron chi connectivity index (χ3n) is 2.32. The second-order valence-electron chi connectivity index (χ2n) is 3.30. The van der Waals surface area contributed by atoms with E-state index in [1.807, 2.05) is 12.1 Å². The molecule has 0 N–H and O–H groups in total. The first-order valence-electron chi connectivity index (χ1n) is 4.73. The van der Waals surface area contributed by atoms with Crippen LogP contribution in [-0.2, 0) is 0 Å². The van der Waals surface area contributed by atoms with Gasteiger partial charge in [-0.2, -0.15) is 0 Å². The van der Waals surface area contributed by atoms with Crippen molar-refractivity contribution in [2.45, 2.75) is 4.78 Å². The van der Waals surface area contributed by atoms with Gasteiger partial charge in [0.2, 0.25) is 0 Å². The van der Waals surface area contributed by atoms with E-state index in [-0.39, 0.29) is 0 Å². The normalized spacial score (nSPS) is 10.4. The molecular formula is C13H11Al. The lowest BCUT2D eigenvalue weighted by Crippen LogP contribution is -1.99. The number of rotatable bonds is 2. The van der Waals surface area contributed by atoms with Crippen LogP contribution in [0.15, 0.2) is 60.7 Å². The highest BCUT2D eigenvalue weighted by atomic mass is 27.0. The molecule has 2 aromatic rings. The van der Waals surface area contributed by atoms with Gasteiger partial charge in [0.25, 0.3) is 0 Å². The molecule has 0 aliphatic carbocycles. The predicted molar refractivity (Wildman–Crippen MR) is 60.5 cm³/mol. The minimum atomic E-state index is 0.400. The Hall–Kier alpha value is -1.03. The van der Waals surface area contributed by atoms with Crippen molar-refractivity contribution in [3.63, 3.8) is 0 Å². The Kier molecular flexibility index (Phi) is 3.04. The molecule has 2 aromatic carbocycles. The van der Waals surface area contributed by atoms with Crippen molar-refractivity contribution < 1.29 is 0 Å². The molecule has 0 bridgehead atoms. The second kappa shape index (κ2) is 4.46. The average molecular weight is 194 g/mol. The van der Waals surface area contributed by atoms with Gasteiger partial charge in [-0.3, -0.25) is 0 Å². The molecule has 0 aliphatic heterocycles. The first kappa shape index (κ1) is 9.52. The molecule has 1 heteroatoms. The van der Waals surface area contributed by atoms with Crippen LogP contribution in [-0.4, -0.2) is 16.3 Å². The molecule has 14 heavy (non-hydrogen) atoms. The van der Waals surface area contributed by atoms with Crippen molar-refractivity contribution in [1.82, 2.24) is 0 Å². The zero-order chi connectivity index (χ0) is 9.80. The predicted octanol–water partition coefficient (Wildman–Crippen LogP) is 2.94. The maximum atomic E-state index is 2.89. The van der Waals surface area contributed by atoms with Crippen molar-refractivity contribution in [3.8, 4) is 0 Å². The summed E-state index contributed by atoms with van der Waals surface area (Å²) in [5.74, 6) is 0. The van der Waals surface area contributed by atoms with E-state index in [4.69, 9.17) is 0 Å². The molecule has 0 saturated heterocycles. The molecule has 0 unspecified atom stereocenters. The summed E-state index contributed by atoms with van der Waals surface area (Å²) in [5, 5.41) is 0. The summed E-state index contributed by atoms with van der Waals surface area (Å²) in [5.41, 5.74) is 2.67. The largest absolute Gasteiger partial charge is 0.139 e. The highest BCUT2D eigenvalue weighted by Gasteiger charge is 2.04. The van der Waals surface area contributed by atoms with E-state index in [0.29, 0.717) is 4.78 Å². The van der Waals surface area contributed by atoms with E-state index in [1.54, 1.807) is 0 Å². The summed E-state index contributed by atoms with van der Waals surface area (Å²) >= 11 is 2.89. The Morgan fingerprint density at radius 2 is 1.00 bits per heavy atom. The quantitative estimate of drug-likeness (QED) is 0.645. The Labute approximate surface area is 93.0 Å². The minimum Gasteiger partial charge on any atom is -0.0622 e. The van der Waals surface area contributed by atoms with Gasteiger partial charge in [-0.15, -0.1) is 0 Å². The summed E-state index contributed by atoms with van der Waals surface area (Å²) < 4.78 is 0.400. The third kappa shape index (κ3) is 2.07. The molecule has 66 valence electrons. The fraction of sp³-hybridized carbons (Fsp3) is 0.0769. The molecular weight excluding hydrogens is 183 g/mol. The minimum absolute atomic E-state index is 0.400. The van der Waals surface area contributed by atoms with Gasteiger partial charge in [-0.1, -0.05) is 76.6 Å². The highest BCUT2D eigenvalue weighted by Crippen LogP contribution is 2.20. The number of hydrogen-bond acceptors (Lipinski definition) is 0. The van der Waals surface area contributed by atoms with Gasteiger partial charge in [-0.25, -0.2) is 0 Å². The summed E-state index contributed by atoms with van der Waals surface area (Å²) in [6.07, 6.45) is 0. The Morgan fingerprint density at radius 1 is 0.643 bits per heavy atom. The maximum absolute atomic E-state index is 2.89. The van der Waals surface area contributed by atoms with Crippen LogP contribution in [0.1, 0.15) is 15.9 Å². The van der Waals surface area contributed by atoms with E-state index in [1.165, 1.54) is 11.1 Å². The summed E-state index contributed by atoms with van der Waals surface area (Å²) in [6, 6.07) is 21.0. The standard InChI is InChI=1S/C13H11.Al/c1-3-7-12(8-4-1)11-13-9-5-2-6-10-13;/h1-11H;. The zero-order valence-corrected chi connectivity index (χ0v) is 9.08. The van der Waals surface area contributed by atoms with E-state index in [9.17, 15) is 0 Å². The molecule has 0 amide bonds. The van der Waals surface area contributed by atoms with E-state index >= 15 is 0 Å². The van der Waals surface area contributed by atoms with Gasteiger partial charge < -0.3 is 0 Å². The topological polar surface area (TPSA) is 0 Å². The SMILES string of the molecule is [Al][CH](c1ccccc1)c1ccccc1. The lowest BCUT2D eigenvalue weighted by atomic mass is 10.0. The van der Waals surface area contributed by atoms with Crippen LogP contribution in [0.4, 0.5) is 0 Å². The van der Waals surface area contributed by atoms with Crippen molar-refractivity contribution in [1.29, 1.82) is 0 Å². The molecule has 0 nitrogen and oxygen atoms in total. The van der Waals surface area contributed by atoms with Crippen molar-refractivity contribution >= 4 is 16.3 Å². The van der Waals surface area contributed by atoms with Crippen molar-refractivity contribution in [3.05, 3.63) is 71.8 Å². The van der Waals surface area contributed by atoms with E-state index < -0.39 is 0 Å². The molecule has 0 fully saturated rings. The van der Waals surface area contributed by atoms with Crippen molar-refractivity contribution in [2.24, 2.45) is 0 Å². The molecule has 0 aromatic heterocycles. The van der Waals surface area contributed by atoms with Crippen LogP contribution in [0, 0.1) is 0 Å². The van der Waals surface area contributed by atoms with E-state index in [2.05, 4.69) is 64.8 Å². The first-order chi connectivity index (χ1) is 6.88. The Bertz CT molecular complexity index is 341. The van der Waals surface area contributed by atoms with E-state index in [0.717, 1.165) is 0 Å². The van der Waals surface area contributed by atoms with Gasteiger partial charge in [0.05, 0.1) is 0 Å². The second-order valence-corrected chi connectivity index (χ2v) is 3.97. The molecule has 0 aliphatic rings. The Morgan fingerprint density at radius 3 is 1.36 bits per heavy atom. The van der Waals surface area contributed by atoms with Crippen LogP contribution in [0.5, 0.6) is 0 Å². The summed E-state index contributed by atoms with van der Waals surface area (Å²) in [6.45, 7) is 0. The average Bonchev–Trinajstić information content (AvgIpc) is 2.30. The molecule has 0 atom stereocenters. The smallest absolute Gasteiger partial charge is 0.0622 e. The molecule has 0 saturated carbocycles. The van der Waals surface area contributed by atoms with Gasteiger partial charge in [-0.05, 0) is 0 Å². The maximum Gasteiger partial charge on any atom is 0.139 e. The lowest BCUT2D eigenvalue weighted by Gasteiger charge is -2.12. The van der Waals surface area contributed by atoms with Gasteiger partial charge >= 0.3 is 0 Å². The molecule has 2 rings (SSSR count). The zero-order valence-electron chi connectivity index (χ0n) is 7.93. The lowest BCUT2D eigenvalue weighted by molar-refractivity contribution is 1.14. The van der Waals surface area contributed by atoms with Crippen LogP contribution in [0.2, 0.25) is 0 Å². The molecule has 0 heterocycles. The fourth-order valence-corrected chi connectivity index (χ4v) is 1.96.